The predicted octanol–water partition coefficient (Wildman–Crippen LogP) is 6.23. The lowest BCUT2D eigenvalue weighted by Gasteiger charge is -2.61. The monoisotopic (exact) mass is 324 g/mol. The molecule has 0 aliphatic heterocycles. The van der Waals surface area contributed by atoms with Gasteiger partial charge in [0.1, 0.15) is 5.60 Å². The fourth-order valence-corrected chi connectivity index (χ4v) is 5.47. The lowest BCUT2D eigenvalue weighted by Crippen LogP contribution is -2.58. The van der Waals surface area contributed by atoms with E-state index in [4.69, 9.17) is 4.74 Å². The van der Waals surface area contributed by atoms with Crippen molar-refractivity contribution in [2.24, 2.45) is 28.6 Å². The van der Waals surface area contributed by atoms with Crippen molar-refractivity contribution >= 4 is 5.97 Å². The first-order valence-corrected chi connectivity index (χ1v) is 8.91. The molecule has 4 saturated carbocycles. The van der Waals surface area contributed by atoms with Crippen molar-refractivity contribution in [1.82, 2.24) is 0 Å². The maximum Gasteiger partial charge on any atom is 0.312 e. The molecule has 0 N–H and O–H groups in total. The molecule has 0 atom stereocenters. The van der Waals surface area contributed by atoms with E-state index >= 15 is 0 Å². The van der Waals surface area contributed by atoms with Crippen LogP contribution in [-0.2, 0) is 9.53 Å². The first kappa shape index (κ1) is 20.5. The molecule has 0 unspecified atom stereocenters. The molecule has 4 rings (SSSR count). The molecule has 4 bridgehead atoms. The van der Waals surface area contributed by atoms with Crippen LogP contribution in [0.25, 0.3) is 0 Å². The van der Waals surface area contributed by atoms with Crippen LogP contribution in [0.4, 0.5) is 0 Å². The van der Waals surface area contributed by atoms with Crippen LogP contribution in [0.15, 0.2) is 0 Å². The summed E-state index contributed by atoms with van der Waals surface area (Å²) in [6.07, 6.45) is 8.99. The fraction of sp³-hybridized carbons (Fsp3) is 0.952. The molecule has 4 aliphatic carbocycles. The van der Waals surface area contributed by atoms with Gasteiger partial charge in [-0.2, -0.15) is 0 Å². The summed E-state index contributed by atoms with van der Waals surface area (Å²) < 4.78 is 6.14. The van der Waals surface area contributed by atoms with Gasteiger partial charge in [0.15, 0.2) is 0 Å². The lowest BCUT2D eigenvalue weighted by molar-refractivity contribution is -0.206. The van der Waals surface area contributed by atoms with Crippen molar-refractivity contribution < 1.29 is 9.53 Å². The van der Waals surface area contributed by atoms with Crippen LogP contribution >= 0.6 is 0 Å². The predicted molar refractivity (Wildman–Crippen MR) is 98.3 cm³/mol. The first-order chi connectivity index (χ1) is 9.67. The minimum absolute atomic E-state index is 0. The smallest absolute Gasteiger partial charge is 0.312 e. The Morgan fingerprint density at radius 1 is 0.957 bits per heavy atom. The van der Waals surface area contributed by atoms with Crippen molar-refractivity contribution in [2.45, 2.75) is 100 Å². The molecule has 0 saturated heterocycles. The van der Waals surface area contributed by atoms with Crippen LogP contribution < -0.4 is 0 Å². The number of rotatable bonds is 4. The van der Waals surface area contributed by atoms with Crippen LogP contribution in [0.2, 0.25) is 0 Å². The van der Waals surface area contributed by atoms with Crippen molar-refractivity contribution in [3.05, 3.63) is 0 Å². The van der Waals surface area contributed by atoms with Gasteiger partial charge < -0.3 is 4.74 Å². The first-order valence-electron chi connectivity index (χ1n) is 8.91. The SMILES string of the molecule is C.C.CCC(C)(C)C(=O)OC(C)(C)C12CC3CC(CC(C3)C1)C2. The average Bonchev–Trinajstić information content (AvgIpc) is 2.36. The molecule has 0 amide bonds. The van der Waals surface area contributed by atoms with Crippen LogP contribution in [0.3, 0.4) is 0 Å². The highest BCUT2D eigenvalue weighted by molar-refractivity contribution is 5.76. The van der Waals surface area contributed by atoms with Crippen molar-refractivity contribution in [3.8, 4) is 0 Å². The highest BCUT2D eigenvalue weighted by Crippen LogP contribution is 2.64. The second kappa shape index (κ2) is 6.41. The summed E-state index contributed by atoms with van der Waals surface area (Å²) in [5.41, 5.74) is -0.423. The summed E-state index contributed by atoms with van der Waals surface area (Å²) >= 11 is 0. The Morgan fingerprint density at radius 2 is 1.35 bits per heavy atom. The van der Waals surface area contributed by atoms with E-state index < -0.39 is 0 Å². The summed E-state index contributed by atoms with van der Waals surface area (Å²) in [5.74, 6) is 2.68. The number of carbonyl (C=O) groups excluding carboxylic acids is 1. The van der Waals surface area contributed by atoms with Gasteiger partial charge in [-0.3, -0.25) is 4.79 Å². The molecule has 0 radical (unpaired) electrons. The second-order valence-corrected chi connectivity index (χ2v) is 9.34. The van der Waals surface area contributed by atoms with Crippen molar-refractivity contribution in [2.75, 3.05) is 0 Å². The average molecular weight is 325 g/mol. The van der Waals surface area contributed by atoms with E-state index in [1.807, 2.05) is 13.8 Å². The van der Waals surface area contributed by atoms with Gasteiger partial charge in [0.05, 0.1) is 5.41 Å². The van der Waals surface area contributed by atoms with E-state index in [1.54, 1.807) is 0 Å². The zero-order valence-electron chi connectivity index (χ0n) is 14.5. The molecule has 0 aromatic rings. The van der Waals surface area contributed by atoms with Gasteiger partial charge in [0.2, 0.25) is 0 Å². The van der Waals surface area contributed by atoms with Crippen molar-refractivity contribution in [3.63, 3.8) is 0 Å². The standard InChI is InChI=1S/C19H32O2.2CH4/c1-6-17(2,3)16(20)21-18(4,5)19-10-13-7-14(11-19)9-15(8-13)12-19;;/h13-15H,6-12H2,1-5H3;2*1H4. The summed E-state index contributed by atoms with van der Waals surface area (Å²) in [6.45, 7) is 10.4. The van der Waals surface area contributed by atoms with Gasteiger partial charge >= 0.3 is 5.97 Å². The summed E-state index contributed by atoms with van der Waals surface area (Å²) in [6, 6.07) is 0. The van der Waals surface area contributed by atoms with E-state index in [-0.39, 0.29) is 37.3 Å². The summed E-state index contributed by atoms with van der Waals surface area (Å²) in [7, 11) is 0. The molecule has 0 spiro atoms. The van der Waals surface area contributed by atoms with E-state index in [0.717, 1.165) is 24.2 Å². The molecular weight excluding hydrogens is 284 g/mol. The van der Waals surface area contributed by atoms with Gasteiger partial charge in [0, 0.05) is 5.41 Å². The number of hydrogen-bond donors (Lipinski definition) is 0. The van der Waals surface area contributed by atoms with Crippen LogP contribution in [0.1, 0.15) is 94.4 Å². The van der Waals surface area contributed by atoms with Gasteiger partial charge in [-0.25, -0.2) is 0 Å². The van der Waals surface area contributed by atoms with Gasteiger partial charge in [-0.15, -0.1) is 0 Å². The normalized spacial score (nSPS) is 35.3. The van der Waals surface area contributed by atoms with E-state index in [2.05, 4.69) is 20.8 Å². The number of hydrogen-bond acceptors (Lipinski definition) is 2. The topological polar surface area (TPSA) is 26.3 Å². The second-order valence-electron chi connectivity index (χ2n) is 9.34. The van der Waals surface area contributed by atoms with E-state index in [0.29, 0.717) is 0 Å². The molecule has 23 heavy (non-hydrogen) atoms. The largest absolute Gasteiger partial charge is 0.459 e. The zero-order chi connectivity index (χ0) is 15.5. The lowest BCUT2D eigenvalue weighted by atomic mass is 9.46. The minimum atomic E-state index is -0.362. The van der Waals surface area contributed by atoms with Gasteiger partial charge in [-0.1, -0.05) is 21.8 Å². The number of carbonyl (C=O) groups is 1. The Kier molecular flexibility index (Phi) is 5.72. The van der Waals surface area contributed by atoms with Crippen LogP contribution in [-0.4, -0.2) is 11.6 Å². The summed E-state index contributed by atoms with van der Waals surface area (Å²) in [4.78, 5) is 12.6. The zero-order valence-corrected chi connectivity index (χ0v) is 14.5. The minimum Gasteiger partial charge on any atom is -0.459 e. The molecule has 0 aromatic heterocycles. The Hall–Kier alpha value is -0.530. The van der Waals surface area contributed by atoms with Gasteiger partial charge in [-0.05, 0) is 90.4 Å². The van der Waals surface area contributed by atoms with E-state index in [9.17, 15) is 4.79 Å². The molecule has 0 aromatic carbocycles. The molecule has 136 valence electrons. The Bertz CT molecular complexity index is 398. The number of ether oxygens (including phenoxy) is 1. The molecule has 2 heteroatoms. The molecule has 0 heterocycles. The van der Waals surface area contributed by atoms with Crippen molar-refractivity contribution in [1.29, 1.82) is 0 Å². The third-order valence-electron chi connectivity index (χ3n) is 7.10. The molecule has 4 aliphatic rings. The van der Waals surface area contributed by atoms with Crippen LogP contribution in [0, 0.1) is 28.6 Å². The third-order valence-corrected chi connectivity index (χ3v) is 7.10. The quantitative estimate of drug-likeness (QED) is 0.573. The van der Waals surface area contributed by atoms with Crippen LogP contribution in [0.5, 0.6) is 0 Å². The molecule has 2 nitrogen and oxygen atoms in total. The highest BCUT2D eigenvalue weighted by Gasteiger charge is 2.59. The third kappa shape index (κ3) is 3.33. The Balaban J connectivity index is 0.00000132. The Labute approximate surface area is 144 Å². The maximum atomic E-state index is 12.6. The van der Waals surface area contributed by atoms with E-state index in [1.165, 1.54) is 38.5 Å². The Morgan fingerprint density at radius 3 is 1.70 bits per heavy atom. The maximum absolute atomic E-state index is 12.6. The van der Waals surface area contributed by atoms with Gasteiger partial charge in [0.25, 0.3) is 0 Å². The fourth-order valence-electron chi connectivity index (χ4n) is 5.47. The molecular formula is C21H40O2. The number of esters is 1. The molecule has 4 fully saturated rings. The highest BCUT2D eigenvalue weighted by atomic mass is 16.6. The summed E-state index contributed by atoms with van der Waals surface area (Å²) in [5, 5.41) is 0.